The average Bonchev–Trinajstić information content (AvgIpc) is 3.13. The molecular weight excluding hydrogens is 384 g/mol. The summed E-state index contributed by atoms with van der Waals surface area (Å²) in [6, 6.07) is 15.7. The summed E-state index contributed by atoms with van der Waals surface area (Å²) < 4.78 is 0.700. The van der Waals surface area contributed by atoms with Crippen molar-refractivity contribution in [3.05, 3.63) is 81.9 Å². The molecule has 1 amide bonds. The second-order valence-corrected chi connectivity index (χ2v) is 7.47. The summed E-state index contributed by atoms with van der Waals surface area (Å²) in [7, 11) is 0. The lowest BCUT2D eigenvalue weighted by atomic mass is 10.1. The Morgan fingerprint density at radius 3 is 2.67 bits per heavy atom. The summed E-state index contributed by atoms with van der Waals surface area (Å²) in [5.41, 5.74) is 0.852. The summed E-state index contributed by atoms with van der Waals surface area (Å²) in [5, 5.41) is 21.8. The lowest BCUT2D eigenvalue weighted by Crippen LogP contribution is -2.13. The van der Waals surface area contributed by atoms with E-state index in [2.05, 4.69) is 15.5 Å². The number of carbonyl (C=O) groups is 1. The number of anilines is 1. The van der Waals surface area contributed by atoms with E-state index in [1.54, 1.807) is 6.07 Å². The number of nitro benzene ring substituents is 1. The Labute approximate surface area is 163 Å². The van der Waals surface area contributed by atoms with E-state index in [4.69, 9.17) is 0 Å². The molecule has 0 unspecified atom stereocenters. The van der Waals surface area contributed by atoms with Crippen LogP contribution in [0.15, 0.2) is 65.0 Å². The minimum Gasteiger partial charge on any atom is -0.296 e. The molecule has 7 nitrogen and oxygen atoms in total. The smallest absolute Gasteiger partial charge is 0.282 e. The highest BCUT2D eigenvalue weighted by Crippen LogP contribution is 2.27. The second kappa shape index (κ2) is 9.06. The van der Waals surface area contributed by atoms with Gasteiger partial charge >= 0.3 is 0 Å². The number of amides is 1. The van der Waals surface area contributed by atoms with Gasteiger partial charge in [0.25, 0.3) is 11.6 Å². The molecule has 0 radical (unpaired) electrons. The lowest BCUT2D eigenvalue weighted by molar-refractivity contribution is -0.385. The summed E-state index contributed by atoms with van der Waals surface area (Å²) in [5.74, 6) is 0.126. The van der Waals surface area contributed by atoms with Crippen LogP contribution in [0.4, 0.5) is 10.8 Å². The van der Waals surface area contributed by atoms with E-state index >= 15 is 0 Å². The number of nitrogens with one attached hydrogen (secondary N) is 1. The Balaban J connectivity index is 1.57. The number of nitrogens with zero attached hydrogens (tertiary/aromatic N) is 3. The molecule has 27 heavy (non-hydrogen) atoms. The summed E-state index contributed by atoms with van der Waals surface area (Å²) >= 11 is 2.71. The Hall–Kier alpha value is -3.04. The number of carbonyl (C=O) groups excluding carboxylic acids is 1. The zero-order valence-electron chi connectivity index (χ0n) is 13.9. The van der Waals surface area contributed by atoms with Gasteiger partial charge in [-0.25, -0.2) is 0 Å². The Morgan fingerprint density at radius 2 is 1.89 bits per heavy atom. The number of benzene rings is 2. The van der Waals surface area contributed by atoms with Gasteiger partial charge in [-0.3, -0.25) is 20.2 Å². The normalized spacial score (nSPS) is 10.8. The zero-order chi connectivity index (χ0) is 19.1. The second-order valence-electron chi connectivity index (χ2n) is 5.23. The Morgan fingerprint density at radius 1 is 1.15 bits per heavy atom. The minimum atomic E-state index is -0.588. The van der Waals surface area contributed by atoms with Gasteiger partial charge in [0.15, 0.2) is 4.34 Å². The first kappa shape index (κ1) is 18.7. The van der Waals surface area contributed by atoms with E-state index in [0.29, 0.717) is 15.2 Å². The van der Waals surface area contributed by atoms with Gasteiger partial charge in [-0.15, -0.1) is 10.2 Å². The largest absolute Gasteiger partial charge is 0.296 e. The molecule has 1 aromatic heterocycles. The maximum atomic E-state index is 12.3. The quantitative estimate of drug-likeness (QED) is 0.272. The van der Waals surface area contributed by atoms with Crippen molar-refractivity contribution in [3.8, 4) is 0 Å². The molecule has 0 fully saturated rings. The number of hydrogen-bond donors (Lipinski definition) is 1. The first-order valence-electron chi connectivity index (χ1n) is 7.86. The summed E-state index contributed by atoms with van der Waals surface area (Å²) in [6.07, 6.45) is 4.04. The molecule has 0 aliphatic carbocycles. The van der Waals surface area contributed by atoms with Crippen LogP contribution in [-0.2, 0) is 0 Å². The van der Waals surface area contributed by atoms with Crippen LogP contribution in [0.5, 0.6) is 0 Å². The predicted molar refractivity (Wildman–Crippen MR) is 107 cm³/mol. The first-order chi connectivity index (χ1) is 13.1. The van der Waals surface area contributed by atoms with Crippen LogP contribution < -0.4 is 5.32 Å². The number of para-hydroxylation sites is 1. The standard InChI is InChI=1S/C18H14N4O3S2/c23-16(14-10-4-5-11-15(14)22(24)25)19-17-20-21-18(27-17)26-12-6-9-13-7-2-1-3-8-13/h1-11H,12H2,(H,19,20,23)/b9-6+. The molecule has 3 rings (SSSR count). The van der Waals surface area contributed by atoms with Crippen LogP contribution in [-0.4, -0.2) is 26.8 Å². The third kappa shape index (κ3) is 5.22. The van der Waals surface area contributed by atoms with Gasteiger partial charge in [0, 0.05) is 11.8 Å². The van der Waals surface area contributed by atoms with E-state index in [-0.39, 0.29) is 11.3 Å². The van der Waals surface area contributed by atoms with Gasteiger partial charge in [-0.2, -0.15) is 0 Å². The van der Waals surface area contributed by atoms with Crippen LogP contribution in [0.1, 0.15) is 15.9 Å². The third-order valence-electron chi connectivity index (χ3n) is 3.39. The van der Waals surface area contributed by atoms with Crippen molar-refractivity contribution in [1.29, 1.82) is 0 Å². The molecule has 9 heteroatoms. The molecule has 1 heterocycles. The van der Waals surface area contributed by atoms with Crippen molar-refractivity contribution in [2.45, 2.75) is 4.34 Å². The van der Waals surface area contributed by atoms with E-state index in [1.807, 2.05) is 42.5 Å². The van der Waals surface area contributed by atoms with Gasteiger partial charge in [0.2, 0.25) is 5.13 Å². The summed E-state index contributed by atoms with van der Waals surface area (Å²) in [4.78, 5) is 22.7. The van der Waals surface area contributed by atoms with Gasteiger partial charge < -0.3 is 0 Å². The van der Waals surface area contributed by atoms with Crippen molar-refractivity contribution >= 4 is 45.9 Å². The van der Waals surface area contributed by atoms with E-state index in [0.717, 1.165) is 5.56 Å². The lowest BCUT2D eigenvalue weighted by Gasteiger charge is -2.01. The fraction of sp³-hybridized carbons (Fsp3) is 0.0556. The molecule has 3 aromatic rings. The highest BCUT2D eigenvalue weighted by atomic mass is 32.2. The van der Waals surface area contributed by atoms with Crippen molar-refractivity contribution in [1.82, 2.24) is 10.2 Å². The van der Waals surface area contributed by atoms with E-state index in [1.165, 1.54) is 41.3 Å². The van der Waals surface area contributed by atoms with Crippen LogP contribution in [0.3, 0.4) is 0 Å². The van der Waals surface area contributed by atoms with Crippen molar-refractivity contribution in [2.24, 2.45) is 0 Å². The number of nitro groups is 1. The molecular formula is C18H14N4O3S2. The van der Waals surface area contributed by atoms with Gasteiger partial charge in [0.1, 0.15) is 5.56 Å². The summed E-state index contributed by atoms with van der Waals surface area (Å²) in [6.45, 7) is 0. The molecule has 0 spiro atoms. The predicted octanol–water partition coefficient (Wildman–Crippen LogP) is 4.50. The van der Waals surface area contributed by atoms with Crippen LogP contribution in [0.25, 0.3) is 6.08 Å². The molecule has 0 saturated carbocycles. The highest BCUT2D eigenvalue weighted by Gasteiger charge is 2.20. The van der Waals surface area contributed by atoms with E-state index in [9.17, 15) is 14.9 Å². The molecule has 0 bridgehead atoms. The van der Waals surface area contributed by atoms with E-state index < -0.39 is 10.8 Å². The molecule has 1 N–H and O–H groups in total. The average molecular weight is 398 g/mol. The third-order valence-corrected chi connectivity index (χ3v) is 5.31. The zero-order valence-corrected chi connectivity index (χ0v) is 15.6. The number of rotatable bonds is 7. The monoisotopic (exact) mass is 398 g/mol. The fourth-order valence-corrected chi connectivity index (χ4v) is 3.76. The molecule has 0 aliphatic heterocycles. The molecule has 0 atom stereocenters. The van der Waals surface area contributed by atoms with Crippen molar-refractivity contribution in [2.75, 3.05) is 11.1 Å². The maximum absolute atomic E-state index is 12.3. The molecule has 136 valence electrons. The topological polar surface area (TPSA) is 98.0 Å². The molecule has 0 saturated heterocycles. The molecule has 2 aromatic carbocycles. The van der Waals surface area contributed by atoms with Crippen LogP contribution in [0.2, 0.25) is 0 Å². The first-order valence-corrected chi connectivity index (χ1v) is 9.66. The number of hydrogen-bond acceptors (Lipinski definition) is 7. The fourth-order valence-electron chi connectivity index (χ4n) is 2.18. The van der Waals surface area contributed by atoms with Crippen LogP contribution in [0, 0.1) is 10.1 Å². The van der Waals surface area contributed by atoms with Gasteiger partial charge in [-0.05, 0) is 11.6 Å². The van der Waals surface area contributed by atoms with Crippen LogP contribution >= 0.6 is 23.1 Å². The van der Waals surface area contributed by atoms with Gasteiger partial charge in [-0.1, -0.05) is 77.7 Å². The minimum absolute atomic E-state index is 0.0160. The molecule has 0 aliphatic rings. The Bertz CT molecular complexity index is 974. The number of aromatic nitrogens is 2. The maximum Gasteiger partial charge on any atom is 0.282 e. The highest BCUT2D eigenvalue weighted by molar-refractivity contribution is 8.01. The van der Waals surface area contributed by atoms with Gasteiger partial charge in [0.05, 0.1) is 4.92 Å². The SMILES string of the molecule is O=C(Nc1nnc(SC/C=C/c2ccccc2)s1)c1ccccc1[N+](=O)[O-]. The number of thioether (sulfide) groups is 1. The van der Waals surface area contributed by atoms with Crippen molar-refractivity contribution in [3.63, 3.8) is 0 Å². The van der Waals surface area contributed by atoms with Crippen molar-refractivity contribution < 1.29 is 9.72 Å². The Kier molecular flexibility index (Phi) is 6.29.